The number of rotatable bonds is 5. The van der Waals surface area contributed by atoms with E-state index in [4.69, 9.17) is 4.74 Å². The van der Waals surface area contributed by atoms with Gasteiger partial charge in [0, 0.05) is 13.0 Å². The van der Waals surface area contributed by atoms with Gasteiger partial charge in [0.25, 0.3) is 15.9 Å². The molecule has 1 heterocycles. The molecule has 1 aromatic carbocycles. The number of likely N-dealkylation sites (tertiary alicyclic amines) is 1. The number of hydrogen-bond acceptors (Lipinski definition) is 5. The van der Waals surface area contributed by atoms with Crippen molar-refractivity contribution in [2.24, 2.45) is 0 Å². The minimum absolute atomic E-state index is 0.0389. The lowest BCUT2D eigenvalue weighted by Crippen LogP contribution is -2.67. The van der Waals surface area contributed by atoms with Gasteiger partial charge < -0.3 is 9.64 Å². The first kappa shape index (κ1) is 17.3. The highest BCUT2D eigenvalue weighted by atomic mass is 32.2. The summed E-state index contributed by atoms with van der Waals surface area (Å²) in [4.78, 5) is 25.6. The van der Waals surface area contributed by atoms with E-state index in [9.17, 15) is 18.0 Å². The van der Waals surface area contributed by atoms with Crippen LogP contribution in [0, 0.1) is 0 Å². The Morgan fingerprint density at radius 1 is 1.30 bits per heavy atom. The van der Waals surface area contributed by atoms with Crippen LogP contribution in [0.15, 0.2) is 29.2 Å². The van der Waals surface area contributed by atoms with Crippen molar-refractivity contribution in [1.29, 1.82) is 0 Å². The molecule has 1 saturated heterocycles. The van der Waals surface area contributed by atoms with Gasteiger partial charge in [0.1, 0.15) is 11.3 Å². The Hall–Kier alpha value is -2.09. The van der Waals surface area contributed by atoms with Gasteiger partial charge in [-0.25, -0.2) is 13.1 Å². The molecule has 2 amide bonds. The maximum Gasteiger partial charge on any atom is 0.264 e. The zero-order chi connectivity index (χ0) is 17.3. The number of amides is 2. The molecule has 1 aliphatic rings. The van der Waals surface area contributed by atoms with Crippen molar-refractivity contribution in [1.82, 2.24) is 9.62 Å². The number of nitrogens with zero attached hydrogens (tertiary/aromatic N) is 1. The van der Waals surface area contributed by atoms with E-state index in [0.29, 0.717) is 18.7 Å². The lowest BCUT2D eigenvalue weighted by atomic mass is 9.85. The van der Waals surface area contributed by atoms with E-state index in [1.54, 1.807) is 13.8 Å². The molecule has 1 fully saturated rings. The number of hydrogen-bond donors (Lipinski definition) is 1. The molecule has 1 aliphatic heterocycles. The van der Waals surface area contributed by atoms with Crippen molar-refractivity contribution in [2.75, 3.05) is 13.7 Å². The molecule has 1 N–H and O–H groups in total. The summed E-state index contributed by atoms with van der Waals surface area (Å²) >= 11 is 0. The summed E-state index contributed by atoms with van der Waals surface area (Å²) in [6, 6.07) is 5.70. The van der Waals surface area contributed by atoms with Crippen LogP contribution in [0.4, 0.5) is 0 Å². The van der Waals surface area contributed by atoms with Crippen molar-refractivity contribution in [2.45, 2.75) is 37.1 Å². The fraction of sp³-hybridized carbons (Fsp3) is 0.467. The number of benzene rings is 1. The Morgan fingerprint density at radius 2 is 1.91 bits per heavy atom. The molecule has 2 rings (SSSR count). The molecule has 0 saturated carbocycles. The number of ether oxygens (including phenoxy) is 1. The number of carbonyl (C=O) groups is 2. The molecule has 0 aromatic heterocycles. The van der Waals surface area contributed by atoms with Crippen LogP contribution < -0.4 is 9.46 Å². The first-order chi connectivity index (χ1) is 10.7. The zero-order valence-electron chi connectivity index (χ0n) is 13.3. The number of sulfonamides is 1. The number of nitrogens with one attached hydrogen (secondary N) is 1. The SMILES string of the molecule is CCC(=O)N1CCC1(C)C(=O)NS(=O)(=O)c1ccc(OC)cc1. The Morgan fingerprint density at radius 3 is 2.35 bits per heavy atom. The van der Waals surface area contributed by atoms with Crippen molar-refractivity contribution in [3.63, 3.8) is 0 Å². The third-order valence-corrected chi connectivity index (χ3v) is 5.45. The van der Waals surface area contributed by atoms with E-state index < -0.39 is 21.5 Å². The van der Waals surface area contributed by atoms with Crippen molar-refractivity contribution < 1.29 is 22.7 Å². The fourth-order valence-corrected chi connectivity index (χ4v) is 3.51. The molecule has 0 radical (unpaired) electrons. The molecule has 7 nitrogen and oxygen atoms in total. The second-order valence-corrected chi connectivity index (χ2v) is 7.22. The summed E-state index contributed by atoms with van der Waals surface area (Å²) < 4.78 is 31.6. The molecular weight excluding hydrogens is 320 g/mol. The minimum Gasteiger partial charge on any atom is -0.497 e. The van der Waals surface area contributed by atoms with Crippen LogP contribution in [-0.4, -0.2) is 44.3 Å². The molecule has 1 atom stereocenters. The van der Waals surface area contributed by atoms with Gasteiger partial charge in [-0.2, -0.15) is 0 Å². The first-order valence-electron chi connectivity index (χ1n) is 7.26. The van der Waals surface area contributed by atoms with E-state index >= 15 is 0 Å². The number of methoxy groups -OCH3 is 1. The van der Waals surface area contributed by atoms with E-state index in [0.717, 1.165) is 0 Å². The summed E-state index contributed by atoms with van der Waals surface area (Å²) in [5.41, 5.74) is -1.12. The van der Waals surface area contributed by atoms with Crippen LogP contribution in [0.3, 0.4) is 0 Å². The van der Waals surface area contributed by atoms with Gasteiger partial charge in [0.15, 0.2) is 0 Å². The van der Waals surface area contributed by atoms with Crippen LogP contribution in [0.5, 0.6) is 5.75 Å². The molecule has 0 spiro atoms. The van der Waals surface area contributed by atoms with Gasteiger partial charge in [-0.15, -0.1) is 0 Å². The van der Waals surface area contributed by atoms with Gasteiger partial charge in [-0.1, -0.05) is 6.92 Å². The second-order valence-electron chi connectivity index (χ2n) is 5.53. The quantitative estimate of drug-likeness (QED) is 0.860. The van der Waals surface area contributed by atoms with Gasteiger partial charge in [-0.05, 0) is 37.6 Å². The lowest BCUT2D eigenvalue weighted by Gasteiger charge is -2.48. The molecular formula is C15H20N2O5S. The molecule has 0 bridgehead atoms. The van der Waals surface area contributed by atoms with Crippen molar-refractivity contribution >= 4 is 21.8 Å². The highest BCUT2D eigenvalue weighted by molar-refractivity contribution is 7.90. The second kappa shape index (κ2) is 6.19. The van der Waals surface area contributed by atoms with Crippen LogP contribution in [0.1, 0.15) is 26.7 Å². The van der Waals surface area contributed by atoms with E-state index in [1.165, 1.54) is 36.3 Å². The summed E-state index contributed by atoms with van der Waals surface area (Å²) in [5.74, 6) is -0.349. The summed E-state index contributed by atoms with van der Waals surface area (Å²) in [6.07, 6.45) is 0.705. The molecule has 1 aromatic rings. The summed E-state index contributed by atoms with van der Waals surface area (Å²) in [5, 5.41) is 0. The smallest absolute Gasteiger partial charge is 0.264 e. The Bertz CT molecular complexity index is 714. The van der Waals surface area contributed by atoms with Crippen LogP contribution >= 0.6 is 0 Å². The first-order valence-corrected chi connectivity index (χ1v) is 8.74. The van der Waals surface area contributed by atoms with Crippen LogP contribution in [0.2, 0.25) is 0 Å². The predicted octanol–water partition coefficient (Wildman–Crippen LogP) is 0.901. The minimum atomic E-state index is -3.99. The molecule has 23 heavy (non-hydrogen) atoms. The zero-order valence-corrected chi connectivity index (χ0v) is 14.1. The third kappa shape index (κ3) is 3.17. The maximum absolute atomic E-state index is 12.4. The van der Waals surface area contributed by atoms with E-state index in [-0.39, 0.29) is 17.2 Å². The summed E-state index contributed by atoms with van der Waals surface area (Å²) in [6.45, 7) is 3.73. The van der Waals surface area contributed by atoms with Crippen molar-refractivity contribution in [3.8, 4) is 5.75 Å². The monoisotopic (exact) mass is 340 g/mol. The van der Waals surface area contributed by atoms with Gasteiger partial charge in [0.05, 0.1) is 12.0 Å². The predicted molar refractivity (Wildman–Crippen MR) is 83.3 cm³/mol. The Kier molecular flexibility index (Phi) is 4.65. The average Bonchev–Trinajstić information content (AvgIpc) is 2.52. The van der Waals surface area contributed by atoms with E-state index in [1.807, 2.05) is 0 Å². The largest absolute Gasteiger partial charge is 0.497 e. The highest BCUT2D eigenvalue weighted by Crippen LogP contribution is 2.31. The van der Waals surface area contributed by atoms with E-state index in [2.05, 4.69) is 4.72 Å². The standard InChI is InChI=1S/C15H20N2O5S/c1-4-13(18)17-10-9-15(17,2)14(19)16-23(20,21)12-7-5-11(22-3)6-8-12/h5-8H,4,9-10H2,1-3H3,(H,16,19). The van der Waals surface area contributed by atoms with Crippen LogP contribution in [0.25, 0.3) is 0 Å². The van der Waals surface area contributed by atoms with Gasteiger partial charge in [-0.3, -0.25) is 9.59 Å². The molecule has 1 unspecified atom stereocenters. The normalized spacial score (nSPS) is 20.6. The highest BCUT2D eigenvalue weighted by Gasteiger charge is 2.49. The van der Waals surface area contributed by atoms with Gasteiger partial charge >= 0.3 is 0 Å². The Labute approximate surface area is 135 Å². The topological polar surface area (TPSA) is 92.8 Å². The molecule has 8 heteroatoms. The average molecular weight is 340 g/mol. The molecule has 0 aliphatic carbocycles. The lowest BCUT2D eigenvalue weighted by molar-refractivity contribution is -0.156. The van der Waals surface area contributed by atoms with Crippen molar-refractivity contribution in [3.05, 3.63) is 24.3 Å². The van der Waals surface area contributed by atoms with Crippen LogP contribution in [-0.2, 0) is 19.6 Å². The summed E-state index contributed by atoms with van der Waals surface area (Å²) in [7, 11) is -2.52. The van der Waals surface area contributed by atoms with Gasteiger partial charge in [0.2, 0.25) is 5.91 Å². The maximum atomic E-state index is 12.4. The third-order valence-electron chi connectivity index (χ3n) is 4.11. The fourth-order valence-electron chi connectivity index (χ4n) is 2.43. The molecule has 126 valence electrons. The number of carbonyl (C=O) groups excluding carboxylic acids is 2. The Balaban J connectivity index is 2.16.